The number of nitrogens with one attached hydrogen (secondary N) is 1. The minimum absolute atomic E-state index is 0.193. The van der Waals surface area contributed by atoms with Gasteiger partial charge in [0, 0.05) is 11.4 Å². The van der Waals surface area contributed by atoms with Crippen molar-refractivity contribution in [1.29, 1.82) is 0 Å². The number of hydrogen-bond acceptors (Lipinski definition) is 7. The van der Waals surface area contributed by atoms with E-state index in [0.717, 1.165) is 34.0 Å². The van der Waals surface area contributed by atoms with E-state index in [4.69, 9.17) is 5.73 Å². The van der Waals surface area contributed by atoms with Crippen LogP contribution in [-0.2, 0) is 13.0 Å². The van der Waals surface area contributed by atoms with Crippen molar-refractivity contribution >= 4 is 51.3 Å². The van der Waals surface area contributed by atoms with E-state index in [0.29, 0.717) is 16.3 Å². The molecule has 0 saturated heterocycles. The summed E-state index contributed by atoms with van der Waals surface area (Å²) in [4.78, 5) is 15.5. The molecule has 0 radical (unpaired) electrons. The first kappa shape index (κ1) is 20.6. The van der Waals surface area contributed by atoms with Crippen LogP contribution in [0.4, 0.5) is 11.4 Å². The second kappa shape index (κ2) is 9.07. The van der Waals surface area contributed by atoms with Crippen LogP contribution in [0.1, 0.15) is 15.2 Å². The highest BCUT2D eigenvalue weighted by Crippen LogP contribution is 2.31. The lowest BCUT2D eigenvalue weighted by Crippen LogP contribution is -2.11. The topological polar surface area (TPSA) is 85.8 Å². The van der Waals surface area contributed by atoms with Gasteiger partial charge in [0.15, 0.2) is 0 Å². The van der Waals surface area contributed by atoms with Crippen LogP contribution in [-0.4, -0.2) is 20.9 Å². The number of anilines is 2. The number of carbonyl (C=O) groups excluding carboxylic acids is 1. The van der Waals surface area contributed by atoms with E-state index in [2.05, 4.69) is 32.5 Å². The maximum atomic E-state index is 12.9. The summed E-state index contributed by atoms with van der Waals surface area (Å²) in [5.41, 5.74) is 10.3. The molecule has 0 unspecified atom stereocenters. The van der Waals surface area contributed by atoms with Gasteiger partial charge < -0.3 is 11.1 Å². The maximum Gasteiger partial charge on any atom is 0.265 e. The van der Waals surface area contributed by atoms with Crippen LogP contribution in [0.15, 0.2) is 70.9 Å². The number of carbonyl (C=O) groups is 1. The Morgan fingerprint density at radius 1 is 1.09 bits per heavy atom. The molecule has 4 aromatic heterocycles. The summed E-state index contributed by atoms with van der Waals surface area (Å²) < 4.78 is 1.84. The molecule has 0 saturated carbocycles. The normalized spacial score (nSPS) is 11.0. The van der Waals surface area contributed by atoms with Crippen molar-refractivity contribution in [2.24, 2.45) is 0 Å². The lowest BCUT2D eigenvalue weighted by Gasteiger charge is -2.09. The zero-order valence-electron chi connectivity index (χ0n) is 16.9. The average Bonchev–Trinajstić information content (AvgIpc) is 3.61. The van der Waals surface area contributed by atoms with Gasteiger partial charge in [-0.15, -0.1) is 27.8 Å². The molecule has 160 valence electrons. The number of aromatic nitrogens is 3. The van der Waals surface area contributed by atoms with E-state index in [9.17, 15) is 4.79 Å². The van der Waals surface area contributed by atoms with Gasteiger partial charge >= 0.3 is 0 Å². The molecule has 0 fully saturated rings. The van der Waals surface area contributed by atoms with Gasteiger partial charge in [-0.25, -0.2) is 0 Å². The summed E-state index contributed by atoms with van der Waals surface area (Å²) >= 11 is 4.73. The zero-order valence-corrected chi connectivity index (χ0v) is 19.3. The van der Waals surface area contributed by atoms with Gasteiger partial charge in [-0.3, -0.25) is 9.48 Å². The minimum atomic E-state index is -0.193. The van der Waals surface area contributed by atoms with Gasteiger partial charge in [-0.1, -0.05) is 17.3 Å². The molecule has 0 atom stereocenters. The first-order valence-corrected chi connectivity index (χ1v) is 12.6. The smallest absolute Gasteiger partial charge is 0.265 e. The van der Waals surface area contributed by atoms with Gasteiger partial charge in [0.05, 0.1) is 27.3 Å². The third kappa shape index (κ3) is 4.50. The Hall–Kier alpha value is -3.27. The molecule has 1 aromatic carbocycles. The first-order valence-electron chi connectivity index (χ1n) is 9.92. The van der Waals surface area contributed by atoms with Gasteiger partial charge in [-0.05, 0) is 70.1 Å². The zero-order chi connectivity index (χ0) is 21.9. The van der Waals surface area contributed by atoms with Crippen molar-refractivity contribution in [3.8, 4) is 21.0 Å². The fourth-order valence-corrected chi connectivity index (χ4v) is 5.52. The average molecular weight is 478 g/mol. The third-order valence-corrected chi connectivity index (χ3v) is 7.70. The van der Waals surface area contributed by atoms with Crippen molar-refractivity contribution in [1.82, 2.24) is 15.0 Å². The van der Waals surface area contributed by atoms with E-state index in [-0.39, 0.29) is 5.91 Å². The van der Waals surface area contributed by atoms with E-state index in [1.54, 1.807) is 28.7 Å². The number of nitrogens with zero attached hydrogens (tertiary/aromatic N) is 3. The quantitative estimate of drug-likeness (QED) is 0.287. The Kier molecular flexibility index (Phi) is 5.85. The number of amides is 1. The Bertz CT molecular complexity index is 1340. The largest absolute Gasteiger partial charge is 0.397 e. The van der Waals surface area contributed by atoms with Crippen molar-refractivity contribution in [2.75, 3.05) is 11.1 Å². The van der Waals surface area contributed by atoms with Crippen molar-refractivity contribution in [3.05, 3.63) is 81.3 Å². The number of nitrogens with two attached hydrogens (primary N) is 1. The van der Waals surface area contributed by atoms with Crippen molar-refractivity contribution in [3.63, 3.8) is 0 Å². The number of rotatable bonds is 7. The Labute approximate surface area is 197 Å². The SMILES string of the molecule is Nc1ccc(-c2cccs2)cc1NC(=O)c1ccc(-c2cn(CCc3ccsc3)nn2)s1. The number of hydrogen-bond donors (Lipinski definition) is 2. The molecule has 0 aliphatic rings. The number of benzene rings is 1. The summed E-state index contributed by atoms with van der Waals surface area (Å²) in [6, 6.07) is 15.6. The Morgan fingerprint density at radius 3 is 2.84 bits per heavy atom. The van der Waals surface area contributed by atoms with Crippen LogP contribution in [0.25, 0.3) is 21.0 Å². The molecule has 32 heavy (non-hydrogen) atoms. The van der Waals surface area contributed by atoms with Gasteiger partial charge in [-0.2, -0.15) is 11.3 Å². The van der Waals surface area contributed by atoms with Crippen LogP contribution < -0.4 is 11.1 Å². The van der Waals surface area contributed by atoms with E-state index in [1.807, 2.05) is 52.7 Å². The Balaban J connectivity index is 1.28. The predicted octanol–water partition coefficient (Wildman–Crippen LogP) is 5.87. The highest BCUT2D eigenvalue weighted by molar-refractivity contribution is 7.17. The molecule has 5 rings (SSSR count). The van der Waals surface area contributed by atoms with Crippen LogP contribution in [0.3, 0.4) is 0 Å². The van der Waals surface area contributed by atoms with Crippen LogP contribution in [0.2, 0.25) is 0 Å². The highest BCUT2D eigenvalue weighted by atomic mass is 32.1. The molecular weight excluding hydrogens is 458 g/mol. The molecule has 5 aromatic rings. The monoisotopic (exact) mass is 477 g/mol. The molecule has 0 bridgehead atoms. The second-order valence-electron chi connectivity index (χ2n) is 7.15. The predicted molar refractivity (Wildman–Crippen MR) is 133 cm³/mol. The molecular formula is C23H19N5OS3. The maximum absolute atomic E-state index is 12.9. The summed E-state index contributed by atoms with van der Waals surface area (Å²) in [5, 5.41) is 17.7. The minimum Gasteiger partial charge on any atom is -0.397 e. The van der Waals surface area contributed by atoms with Gasteiger partial charge in [0.25, 0.3) is 5.91 Å². The molecule has 0 spiro atoms. The van der Waals surface area contributed by atoms with Crippen molar-refractivity contribution < 1.29 is 4.79 Å². The summed E-state index contributed by atoms with van der Waals surface area (Å²) in [6.45, 7) is 0.766. The fraction of sp³-hybridized carbons (Fsp3) is 0.0870. The van der Waals surface area contributed by atoms with E-state index >= 15 is 0 Å². The number of aryl methyl sites for hydroxylation is 2. The summed E-state index contributed by atoms with van der Waals surface area (Å²) in [7, 11) is 0. The highest BCUT2D eigenvalue weighted by Gasteiger charge is 2.14. The summed E-state index contributed by atoms with van der Waals surface area (Å²) in [6.07, 6.45) is 2.83. The summed E-state index contributed by atoms with van der Waals surface area (Å²) in [5.74, 6) is -0.193. The van der Waals surface area contributed by atoms with Gasteiger partial charge in [0.1, 0.15) is 5.69 Å². The van der Waals surface area contributed by atoms with Crippen LogP contribution in [0.5, 0.6) is 0 Å². The molecule has 1 amide bonds. The third-order valence-electron chi connectivity index (χ3n) is 4.94. The van der Waals surface area contributed by atoms with Crippen LogP contribution >= 0.6 is 34.0 Å². The van der Waals surface area contributed by atoms with Crippen LogP contribution in [0, 0.1) is 0 Å². The lowest BCUT2D eigenvalue weighted by atomic mass is 10.1. The molecule has 3 N–H and O–H groups in total. The van der Waals surface area contributed by atoms with E-state index in [1.165, 1.54) is 16.9 Å². The molecule has 0 aliphatic heterocycles. The number of nitrogen functional groups attached to an aromatic ring is 1. The Morgan fingerprint density at radius 2 is 2.03 bits per heavy atom. The molecule has 6 nitrogen and oxygen atoms in total. The van der Waals surface area contributed by atoms with Crippen molar-refractivity contribution in [2.45, 2.75) is 13.0 Å². The molecule has 0 aliphatic carbocycles. The van der Waals surface area contributed by atoms with E-state index < -0.39 is 0 Å². The molecule has 4 heterocycles. The number of thiophene rings is 3. The van der Waals surface area contributed by atoms with Gasteiger partial charge in [0.2, 0.25) is 0 Å². The standard InChI is InChI=1S/C23H19N5OS3/c24-17-4-3-16(20-2-1-10-31-20)12-18(17)25-23(29)22-6-5-21(32-22)19-13-28(27-26-19)9-7-15-8-11-30-14-15/h1-6,8,10-14H,7,9,24H2,(H,25,29). The fourth-order valence-electron chi connectivity index (χ4n) is 3.24. The first-order chi connectivity index (χ1) is 15.7. The lowest BCUT2D eigenvalue weighted by molar-refractivity contribution is 0.103. The second-order valence-corrected chi connectivity index (χ2v) is 9.96. The molecule has 9 heteroatoms.